The van der Waals surface area contributed by atoms with Gasteiger partial charge in [-0.1, -0.05) is 6.92 Å². The summed E-state index contributed by atoms with van der Waals surface area (Å²) in [6, 6.07) is 3.72. The van der Waals surface area contributed by atoms with E-state index < -0.39 is 0 Å². The van der Waals surface area contributed by atoms with Gasteiger partial charge in [-0.25, -0.2) is 9.97 Å². The van der Waals surface area contributed by atoms with Crippen molar-refractivity contribution in [2.45, 2.75) is 51.1 Å². The zero-order valence-electron chi connectivity index (χ0n) is 12.0. The van der Waals surface area contributed by atoms with Crippen molar-refractivity contribution < 1.29 is 0 Å². The zero-order valence-corrected chi connectivity index (χ0v) is 12.0. The quantitative estimate of drug-likeness (QED) is 0.902. The van der Waals surface area contributed by atoms with Gasteiger partial charge in [-0.2, -0.15) is 0 Å². The Bertz CT molecular complexity index is 420. The first-order valence-electron chi connectivity index (χ1n) is 7.53. The van der Waals surface area contributed by atoms with Crippen molar-refractivity contribution in [3.8, 4) is 0 Å². The lowest BCUT2D eigenvalue weighted by Crippen LogP contribution is -2.41. The smallest absolute Gasteiger partial charge is 0.129 e. The van der Waals surface area contributed by atoms with E-state index in [0.717, 1.165) is 42.5 Å². The number of aromatic nitrogens is 2. The molecule has 4 heteroatoms. The third-order valence-electron chi connectivity index (χ3n) is 4.85. The Morgan fingerprint density at radius 1 is 1.26 bits per heavy atom. The maximum absolute atomic E-state index is 4.31. The Hall–Kier alpha value is -1.16. The Labute approximate surface area is 115 Å². The topological polar surface area (TPSA) is 41.0 Å². The van der Waals surface area contributed by atoms with E-state index in [1.807, 2.05) is 0 Å². The number of fused-ring (bicyclic) bond motifs is 2. The number of hydrogen-bond acceptors (Lipinski definition) is 4. The van der Waals surface area contributed by atoms with Gasteiger partial charge in [0.25, 0.3) is 0 Å². The molecule has 19 heavy (non-hydrogen) atoms. The van der Waals surface area contributed by atoms with Crippen molar-refractivity contribution in [2.24, 2.45) is 5.92 Å². The van der Waals surface area contributed by atoms with Gasteiger partial charge in [0, 0.05) is 30.4 Å². The first kappa shape index (κ1) is 12.9. The summed E-state index contributed by atoms with van der Waals surface area (Å²) in [5, 5.41) is 3.50. The highest BCUT2D eigenvalue weighted by Gasteiger charge is 2.38. The molecule has 3 heterocycles. The lowest BCUT2D eigenvalue weighted by molar-refractivity contribution is 0.139. The van der Waals surface area contributed by atoms with Crippen molar-refractivity contribution >= 4 is 5.82 Å². The van der Waals surface area contributed by atoms with Gasteiger partial charge in [-0.05, 0) is 45.1 Å². The van der Waals surface area contributed by atoms with Crippen molar-refractivity contribution in [3.05, 3.63) is 18.1 Å². The van der Waals surface area contributed by atoms with Gasteiger partial charge in [0.15, 0.2) is 0 Å². The molecular weight excluding hydrogens is 236 g/mol. The average Bonchev–Trinajstić information content (AvgIpc) is 2.68. The number of hydrogen-bond donors (Lipinski definition) is 1. The second-order valence-corrected chi connectivity index (χ2v) is 6.02. The van der Waals surface area contributed by atoms with Crippen molar-refractivity contribution in [1.82, 2.24) is 14.9 Å². The van der Waals surface area contributed by atoms with E-state index in [1.165, 1.54) is 25.7 Å². The average molecular weight is 260 g/mol. The van der Waals surface area contributed by atoms with Crippen molar-refractivity contribution in [1.29, 1.82) is 0 Å². The van der Waals surface area contributed by atoms with Crippen LogP contribution < -0.4 is 5.32 Å². The molecule has 0 aliphatic carbocycles. The van der Waals surface area contributed by atoms with Crippen LogP contribution in [0.3, 0.4) is 0 Å². The minimum absolute atomic E-state index is 0.800. The van der Waals surface area contributed by atoms with Crippen LogP contribution in [0.4, 0.5) is 5.82 Å². The SMILES string of the molecule is CCc1cc(NCC2CC3CCC(C2)N3C)ncn1. The molecule has 0 saturated carbocycles. The summed E-state index contributed by atoms with van der Waals surface area (Å²) in [6.45, 7) is 3.18. The van der Waals surface area contributed by atoms with Gasteiger partial charge in [-0.3, -0.25) is 0 Å². The maximum atomic E-state index is 4.31. The number of anilines is 1. The molecule has 0 aromatic carbocycles. The standard InChI is InChI=1S/C15H24N4/c1-3-12-8-15(18-10-17-12)16-9-11-6-13-4-5-14(7-11)19(13)2/h8,10-11,13-14H,3-7,9H2,1-2H3,(H,16,17,18). The van der Waals surface area contributed by atoms with Crippen LogP contribution in [0.15, 0.2) is 12.4 Å². The van der Waals surface area contributed by atoms with Gasteiger partial charge >= 0.3 is 0 Å². The molecule has 0 spiro atoms. The highest BCUT2D eigenvalue weighted by molar-refractivity contribution is 5.34. The summed E-state index contributed by atoms with van der Waals surface area (Å²) >= 11 is 0. The predicted molar refractivity (Wildman–Crippen MR) is 77.2 cm³/mol. The van der Waals surface area contributed by atoms with Crippen LogP contribution in [0.5, 0.6) is 0 Å². The number of nitrogens with one attached hydrogen (secondary N) is 1. The Morgan fingerprint density at radius 2 is 2.00 bits per heavy atom. The number of aryl methyl sites for hydroxylation is 1. The Morgan fingerprint density at radius 3 is 2.68 bits per heavy atom. The van der Waals surface area contributed by atoms with E-state index in [2.05, 4.69) is 40.2 Å². The predicted octanol–water partition coefficient (Wildman–Crippen LogP) is 2.32. The summed E-state index contributed by atoms with van der Waals surface area (Å²) in [6.07, 6.45) is 8.10. The second kappa shape index (κ2) is 5.45. The molecule has 0 amide bonds. The van der Waals surface area contributed by atoms with Crippen LogP contribution >= 0.6 is 0 Å². The van der Waals surface area contributed by atoms with Crippen LogP contribution in [0.25, 0.3) is 0 Å². The van der Waals surface area contributed by atoms with Crippen LogP contribution in [0.1, 0.15) is 38.3 Å². The molecular formula is C15H24N4. The fraction of sp³-hybridized carbons (Fsp3) is 0.733. The molecule has 1 aromatic rings. The molecule has 1 N–H and O–H groups in total. The molecule has 2 atom stereocenters. The molecule has 2 saturated heterocycles. The normalized spacial score (nSPS) is 30.5. The number of nitrogens with zero attached hydrogens (tertiary/aromatic N) is 3. The first-order chi connectivity index (χ1) is 9.26. The lowest BCUT2D eigenvalue weighted by atomic mass is 9.91. The maximum Gasteiger partial charge on any atom is 0.129 e. The largest absolute Gasteiger partial charge is 0.370 e. The molecule has 2 aliphatic heterocycles. The fourth-order valence-electron chi connectivity index (χ4n) is 3.63. The zero-order chi connectivity index (χ0) is 13.2. The molecule has 1 aromatic heterocycles. The van der Waals surface area contributed by atoms with Crippen molar-refractivity contribution in [3.63, 3.8) is 0 Å². The van der Waals surface area contributed by atoms with Gasteiger partial charge in [0.1, 0.15) is 12.1 Å². The van der Waals surface area contributed by atoms with Crippen LogP contribution in [-0.2, 0) is 6.42 Å². The summed E-state index contributed by atoms with van der Waals surface area (Å²) in [5.41, 5.74) is 1.11. The monoisotopic (exact) mass is 260 g/mol. The summed E-state index contributed by atoms with van der Waals surface area (Å²) in [7, 11) is 2.30. The first-order valence-corrected chi connectivity index (χ1v) is 7.53. The highest BCUT2D eigenvalue weighted by Crippen LogP contribution is 2.37. The number of rotatable bonds is 4. The summed E-state index contributed by atoms with van der Waals surface area (Å²) in [4.78, 5) is 11.1. The summed E-state index contributed by atoms with van der Waals surface area (Å²) < 4.78 is 0. The van der Waals surface area contributed by atoms with Gasteiger partial charge in [-0.15, -0.1) is 0 Å². The minimum Gasteiger partial charge on any atom is -0.370 e. The molecule has 3 rings (SSSR count). The summed E-state index contributed by atoms with van der Waals surface area (Å²) in [5.74, 6) is 1.78. The second-order valence-electron chi connectivity index (χ2n) is 6.02. The third kappa shape index (κ3) is 2.73. The van der Waals surface area contributed by atoms with E-state index in [9.17, 15) is 0 Å². The van der Waals surface area contributed by atoms with Crippen LogP contribution in [0.2, 0.25) is 0 Å². The molecule has 104 valence electrons. The van der Waals surface area contributed by atoms with E-state index in [-0.39, 0.29) is 0 Å². The minimum atomic E-state index is 0.800. The van der Waals surface area contributed by atoms with Crippen LogP contribution in [-0.4, -0.2) is 40.5 Å². The Balaban J connectivity index is 1.55. The van der Waals surface area contributed by atoms with Crippen molar-refractivity contribution in [2.75, 3.05) is 18.9 Å². The van der Waals surface area contributed by atoms with E-state index in [1.54, 1.807) is 6.33 Å². The Kier molecular flexibility index (Phi) is 3.69. The molecule has 2 aliphatic rings. The highest BCUT2D eigenvalue weighted by atomic mass is 15.2. The lowest BCUT2D eigenvalue weighted by Gasteiger charge is -2.36. The van der Waals surface area contributed by atoms with E-state index >= 15 is 0 Å². The van der Waals surface area contributed by atoms with Gasteiger partial charge in [0.05, 0.1) is 0 Å². The molecule has 2 unspecified atom stereocenters. The van der Waals surface area contributed by atoms with Gasteiger partial charge in [0.2, 0.25) is 0 Å². The fourth-order valence-corrected chi connectivity index (χ4v) is 3.63. The van der Waals surface area contributed by atoms with E-state index in [0.29, 0.717) is 0 Å². The molecule has 2 bridgehead atoms. The molecule has 2 fully saturated rings. The van der Waals surface area contributed by atoms with E-state index in [4.69, 9.17) is 0 Å². The third-order valence-corrected chi connectivity index (χ3v) is 4.85. The molecule has 0 radical (unpaired) electrons. The van der Waals surface area contributed by atoms with Gasteiger partial charge < -0.3 is 10.2 Å². The van der Waals surface area contributed by atoms with Crippen LogP contribution in [0, 0.1) is 5.92 Å². The number of piperidine rings is 1. The molecule has 4 nitrogen and oxygen atoms in total.